The summed E-state index contributed by atoms with van der Waals surface area (Å²) >= 11 is 0. The molecule has 0 aliphatic carbocycles. The van der Waals surface area contributed by atoms with Crippen molar-refractivity contribution in [1.29, 1.82) is 0 Å². The van der Waals surface area contributed by atoms with Gasteiger partial charge in [0, 0.05) is 0 Å². The minimum absolute atomic E-state index is 0.134. The maximum atomic E-state index is 9.58. The average molecular weight is 218 g/mol. The molecule has 6 heteroatoms. The van der Waals surface area contributed by atoms with Gasteiger partial charge in [-0.15, -0.1) is 10.2 Å². The maximum absolute atomic E-state index is 9.58. The predicted octanol–water partition coefficient (Wildman–Crippen LogP) is 1.10. The summed E-state index contributed by atoms with van der Waals surface area (Å²) in [6.07, 6.45) is 0. The van der Waals surface area contributed by atoms with Crippen molar-refractivity contribution in [3.8, 4) is 0 Å². The summed E-state index contributed by atoms with van der Waals surface area (Å²) in [5.74, 6) is -0.269. The fraction of sp³-hybridized carbons (Fsp3) is 0.200. The number of benzene rings is 1. The van der Waals surface area contributed by atoms with E-state index >= 15 is 0 Å². The second kappa shape index (κ2) is 3.13. The number of hydrogen-bond acceptors (Lipinski definition) is 4. The minimum atomic E-state index is -0.479. The Bertz CT molecular complexity index is 452. The molecule has 0 fully saturated rings. The molecule has 0 bridgehead atoms. The summed E-state index contributed by atoms with van der Waals surface area (Å²) < 4.78 is 0. The van der Waals surface area contributed by atoms with Crippen LogP contribution < -0.4 is 10.6 Å². The van der Waals surface area contributed by atoms with E-state index < -0.39 is 12.1 Å². The molecule has 1 aromatic rings. The monoisotopic (exact) mass is 218 g/mol. The number of aliphatic hydroxyl groups excluding tert-OH is 2. The fourth-order valence-electron chi connectivity index (χ4n) is 1.89. The third kappa shape index (κ3) is 1.19. The molecule has 6 nitrogen and oxygen atoms in total. The molecular weight excluding hydrogens is 208 g/mol. The van der Waals surface area contributed by atoms with Crippen LogP contribution in [-0.4, -0.2) is 34.1 Å². The van der Waals surface area contributed by atoms with Crippen LogP contribution >= 0.6 is 0 Å². The second-order valence-corrected chi connectivity index (χ2v) is 3.71. The number of fused-ring (bicyclic) bond motifs is 2. The number of anilines is 2. The molecule has 1 aromatic carbocycles. The number of aliphatic hydroxyl groups is 2. The van der Waals surface area contributed by atoms with Gasteiger partial charge >= 0.3 is 0 Å². The molecule has 0 amide bonds. The van der Waals surface area contributed by atoms with E-state index in [2.05, 4.69) is 20.8 Å². The first kappa shape index (κ1) is 9.02. The van der Waals surface area contributed by atoms with Crippen LogP contribution in [0.2, 0.25) is 0 Å². The largest absolute Gasteiger partial charge is 0.494 e. The fourth-order valence-corrected chi connectivity index (χ4v) is 1.89. The molecule has 2 aliphatic heterocycles. The van der Waals surface area contributed by atoms with Crippen LogP contribution in [0.3, 0.4) is 0 Å². The van der Waals surface area contributed by atoms with Crippen molar-refractivity contribution in [2.45, 2.75) is 12.1 Å². The topological polar surface area (TPSA) is 89.2 Å². The molecule has 0 radical (unpaired) electrons. The van der Waals surface area contributed by atoms with Crippen LogP contribution in [0.15, 0.2) is 34.5 Å². The summed E-state index contributed by atoms with van der Waals surface area (Å²) in [6, 6.07) is 6.58. The first-order valence-corrected chi connectivity index (χ1v) is 4.91. The van der Waals surface area contributed by atoms with Crippen LogP contribution in [0.5, 0.6) is 0 Å². The lowest BCUT2D eigenvalue weighted by atomic mass is 10.0. The van der Waals surface area contributed by atoms with Crippen LogP contribution in [0.4, 0.5) is 11.4 Å². The van der Waals surface area contributed by atoms with E-state index in [0.29, 0.717) is 0 Å². The van der Waals surface area contributed by atoms with Crippen LogP contribution in [0.1, 0.15) is 0 Å². The molecule has 82 valence electrons. The first-order valence-electron chi connectivity index (χ1n) is 4.91. The number of hydrogen-bond donors (Lipinski definition) is 4. The van der Waals surface area contributed by atoms with Crippen molar-refractivity contribution < 1.29 is 10.2 Å². The Kier molecular flexibility index (Phi) is 1.76. The molecule has 2 atom stereocenters. The van der Waals surface area contributed by atoms with Gasteiger partial charge in [-0.05, 0) is 12.1 Å². The van der Waals surface area contributed by atoms with E-state index in [1.54, 1.807) is 0 Å². The Balaban J connectivity index is 2.03. The van der Waals surface area contributed by atoms with Gasteiger partial charge in [-0.2, -0.15) is 0 Å². The van der Waals surface area contributed by atoms with E-state index in [-0.39, 0.29) is 11.8 Å². The molecular formula is C10H10N4O2. The third-order valence-electron chi connectivity index (χ3n) is 2.69. The van der Waals surface area contributed by atoms with Crippen molar-refractivity contribution in [3.63, 3.8) is 0 Å². The van der Waals surface area contributed by atoms with Gasteiger partial charge in [0.15, 0.2) is 0 Å². The summed E-state index contributed by atoms with van der Waals surface area (Å²) in [5, 5.41) is 32.3. The normalized spacial score (nSPS) is 26.5. The molecule has 2 heterocycles. The number of para-hydroxylation sites is 2. The van der Waals surface area contributed by atoms with Gasteiger partial charge in [0.05, 0.1) is 11.4 Å². The van der Waals surface area contributed by atoms with Crippen LogP contribution in [0, 0.1) is 0 Å². The predicted molar refractivity (Wildman–Crippen MR) is 61.4 cm³/mol. The Labute approximate surface area is 91.3 Å². The van der Waals surface area contributed by atoms with Crippen LogP contribution in [0.25, 0.3) is 0 Å². The zero-order valence-corrected chi connectivity index (χ0v) is 8.25. The summed E-state index contributed by atoms with van der Waals surface area (Å²) in [5.41, 5.74) is 1.72. The maximum Gasteiger partial charge on any atom is 0.231 e. The highest BCUT2D eigenvalue weighted by Crippen LogP contribution is 2.29. The first-order chi connectivity index (χ1) is 7.75. The Hall–Kier alpha value is -2.24. The zero-order valence-electron chi connectivity index (χ0n) is 8.25. The van der Waals surface area contributed by atoms with Gasteiger partial charge in [0.1, 0.15) is 12.1 Å². The molecule has 4 N–H and O–H groups in total. The summed E-state index contributed by atoms with van der Waals surface area (Å²) in [4.78, 5) is 0. The lowest BCUT2D eigenvalue weighted by Crippen LogP contribution is -2.53. The smallest absolute Gasteiger partial charge is 0.231 e. The molecule has 0 aromatic heterocycles. The average Bonchev–Trinajstić information content (AvgIpc) is 2.32. The van der Waals surface area contributed by atoms with E-state index in [1.807, 2.05) is 24.3 Å². The number of nitrogens with zero attached hydrogens (tertiary/aromatic N) is 2. The van der Waals surface area contributed by atoms with E-state index in [0.717, 1.165) is 11.4 Å². The Morgan fingerprint density at radius 2 is 1.31 bits per heavy atom. The Morgan fingerprint density at radius 3 is 1.75 bits per heavy atom. The van der Waals surface area contributed by atoms with Gasteiger partial charge in [-0.1, -0.05) is 12.1 Å². The molecule has 16 heavy (non-hydrogen) atoms. The van der Waals surface area contributed by atoms with Crippen molar-refractivity contribution in [2.75, 3.05) is 10.6 Å². The second-order valence-electron chi connectivity index (χ2n) is 3.71. The highest BCUT2D eigenvalue weighted by molar-refractivity contribution is 6.00. The number of nitrogens with one attached hydrogen (secondary N) is 2. The van der Waals surface area contributed by atoms with Gasteiger partial charge in [0.2, 0.25) is 11.8 Å². The summed E-state index contributed by atoms with van der Waals surface area (Å²) in [7, 11) is 0. The Morgan fingerprint density at radius 1 is 0.875 bits per heavy atom. The molecule has 3 rings (SSSR count). The van der Waals surface area contributed by atoms with E-state index in [4.69, 9.17) is 0 Å². The standard InChI is InChI=1S/C10H10N4O2/c15-9-7-8(10(16)14-13-9)12-6-4-2-1-3-5(6)11-7/h1-4,7-8,11-12H,(H,13,15)(H,14,16). The summed E-state index contributed by atoms with van der Waals surface area (Å²) in [6.45, 7) is 0. The lowest BCUT2D eigenvalue weighted by molar-refractivity contribution is 0.464. The van der Waals surface area contributed by atoms with E-state index in [9.17, 15) is 10.2 Å². The number of rotatable bonds is 0. The highest BCUT2D eigenvalue weighted by atomic mass is 16.3. The molecule has 0 spiro atoms. The quantitative estimate of drug-likeness (QED) is 0.525. The highest BCUT2D eigenvalue weighted by Gasteiger charge is 2.37. The van der Waals surface area contributed by atoms with Crippen molar-refractivity contribution in [3.05, 3.63) is 24.3 Å². The van der Waals surface area contributed by atoms with Gasteiger partial charge in [-0.25, -0.2) is 0 Å². The molecule has 2 unspecified atom stereocenters. The lowest BCUT2D eigenvalue weighted by Gasteiger charge is -2.34. The van der Waals surface area contributed by atoms with Crippen molar-refractivity contribution >= 4 is 23.2 Å². The molecule has 0 saturated carbocycles. The van der Waals surface area contributed by atoms with Crippen molar-refractivity contribution in [1.82, 2.24) is 0 Å². The minimum Gasteiger partial charge on any atom is -0.494 e. The third-order valence-corrected chi connectivity index (χ3v) is 2.69. The zero-order chi connectivity index (χ0) is 11.1. The van der Waals surface area contributed by atoms with E-state index in [1.165, 1.54) is 0 Å². The van der Waals surface area contributed by atoms with Crippen molar-refractivity contribution in [2.24, 2.45) is 10.2 Å². The SMILES string of the molecule is OC1=NN=C(O)C2Nc3ccccc3NC12. The van der Waals surface area contributed by atoms with Gasteiger partial charge < -0.3 is 20.8 Å². The molecule has 2 aliphatic rings. The van der Waals surface area contributed by atoms with Gasteiger partial charge in [0.25, 0.3) is 0 Å². The van der Waals surface area contributed by atoms with Crippen LogP contribution in [-0.2, 0) is 0 Å². The van der Waals surface area contributed by atoms with Gasteiger partial charge in [-0.3, -0.25) is 0 Å². The molecule has 0 saturated heterocycles.